The van der Waals surface area contributed by atoms with Crippen LogP contribution < -0.4 is 10.6 Å². The summed E-state index contributed by atoms with van der Waals surface area (Å²) >= 11 is 0. The third kappa shape index (κ3) is 3.87. The molecular weight excluding hydrogens is 228 g/mol. The van der Waals surface area contributed by atoms with Crippen molar-refractivity contribution in [2.75, 3.05) is 0 Å². The molecule has 0 aliphatic rings. The van der Waals surface area contributed by atoms with Gasteiger partial charge in [0.1, 0.15) is 6.04 Å². The fourth-order valence-electron chi connectivity index (χ4n) is 1.86. The highest BCUT2D eigenvalue weighted by molar-refractivity contribution is 5.86. The minimum Gasteiger partial charge on any atom is -0.348 e. The molecule has 2 atom stereocenters. The number of aryl methyl sites for hydroxylation is 1. The standard InChI is InChI=1S/C14H20N2O2/c1-9-7-5-6-8-13(9)10(2)16-14(18)11(3)15-12(4)17/h5-8,10-11H,1-4H3,(H,15,17)(H,16,18)/t10-,11-/m1/s1. The largest absolute Gasteiger partial charge is 0.348 e. The van der Waals surface area contributed by atoms with Crippen molar-refractivity contribution in [2.24, 2.45) is 0 Å². The van der Waals surface area contributed by atoms with Gasteiger partial charge in [-0.1, -0.05) is 24.3 Å². The minimum absolute atomic E-state index is 0.0742. The molecule has 0 spiro atoms. The highest BCUT2D eigenvalue weighted by Gasteiger charge is 2.17. The lowest BCUT2D eigenvalue weighted by Crippen LogP contribution is -2.44. The normalized spacial score (nSPS) is 13.6. The van der Waals surface area contributed by atoms with Crippen molar-refractivity contribution in [3.8, 4) is 0 Å². The molecule has 98 valence electrons. The highest BCUT2D eigenvalue weighted by atomic mass is 16.2. The summed E-state index contributed by atoms with van der Waals surface area (Å²) in [4.78, 5) is 22.7. The fraction of sp³-hybridized carbons (Fsp3) is 0.429. The van der Waals surface area contributed by atoms with Crippen LogP contribution in [0.3, 0.4) is 0 Å². The minimum atomic E-state index is -0.519. The van der Waals surface area contributed by atoms with Gasteiger partial charge in [0.05, 0.1) is 6.04 Å². The van der Waals surface area contributed by atoms with Gasteiger partial charge in [-0.2, -0.15) is 0 Å². The summed E-state index contributed by atoms with van der Waals surface area (Å²) in [5, 5.41) is 5.45. The second kappa shape index (κ2) is 6.19. The monoisotopic (exact) mass is 248 g/mol. The fourth-order valence-corrected chi connectivity index (χ4v) is 1.86. The molecule has 0 aliphatic heterocycles. The number of carbonyl (C=O) groups excluding carboxylic acids is 2. The summed E-state index contributed by atoms with van der Waals surface area (Å²) in [5.74, 6) is -0.387. The van der Waals surface area contributed by atoms with Gasteiger partial charge < -0.3 is 10.6 Å². The average molecular weight is 248 g/mol. The predicted octanol–water partition coefficient (Wildman–Crippen LogP) is 1.70. The van der Waals surface area contributed by atoms with E-state index in [1.54, 1.807) is 6.92 Å². The Balaban J connectivity index is 2.65. The summed E-state index contributed by atoms with van der Waals surface area (Å²) < 4.78 is 0. The van der Waals surface area contributed by atoms with Gasteiger partial charge in [-0.05, 0) is 31.9 Å². The molecule has 4 nitrogen and oxygen atoms in total. The number of carbonyl (C=O) groups is 2. The predicted molar refractivity (Wildman–Crippen MR) is 71.0 cm³/mol. The second-order valence-electron chi connectivity index (χ2n) is 4.51. The Bertz CT molecular complexity index is 443. The number of benzene rings is 1. The number of amides is 2. The molecule has 0 aromatic heterocycles. The molecule has 0 bridgehead atoms. The Morgan fingerprint density at radius 3 is 2.28 bits per heavy atom. The van der Waals surface area contributed by atoms with Crippen LogP contribution in [0.25, 0.3) is 0 Å². The Kier molecular flexibility index (Phi) is 4.89. The molecule has 0 saturated carbocycles. The van der Waals surface area contributed by atoms with Crippen molar-refractivity contribution in [3.63, 3.8) is 0 Å². The van der Waals surface area contributed by atoms with Crippen LogP contribution in [0, 0.1) is 6.92 Å². The average Bonchev–Trinajstić information content (AvgIpc) is 2.28. The quantitative estimate of drug-likeness (QED) is 0.852. The van der Waals surface area contributed by atoms with Crippen LogP contribution >= 0.6 is 0 Å². The maximum atomic E-state index is 11.8. The SMILES string of the molecule is CC(=O)N[C@H](C)C(=O)N[C@H](C)c1ccccc1C. The molecule has 0 heterocycles. The van der Waals surface area contributed by atoms with E-state index in [1.807, 2.05) is 38.1 Å². The van der Waals surface area contributed by atoms with Gasteiger partial charge >= 0.3 is 0 Å². The molecule has 1 aromatic carbocycles. The van der Waals surface area contributed by atoms with Crippen molar-refractivity contribution >= 4 is 11.8 Å². The molecule has 0 unspecified atom stereocenters. The lowest BCUT2D eigenvalue weighted by Gasteiger charge is -2.19. The number of nitrogens with one attached hydrogen (secondary N) is 2. The second-order valence-corrected chi connectivity index (χ2v) is 4.51. The van der Waals surface area contributed by atoms with E-state index in [1.165, 1.54) is 6.92 Å². The van der Waals surface area contributed by atoms with Crippen LogP contribution in [0.5, 0.6) is 0 Å². The lowest BCUT2D eigenvalue weighted by molar-refractivity contribution is -0.128. The van der Waals surface area contributed by atoms with Crippen LogP contribution in [0.2, 0.25) is 0 Å². The zero-order chi connectivity index (χ0) is 13.7. The van der Waals surface area contributed by atoms with E-state index in [2.05, 4.69) is 10.6 Å². The van der Waals surface area contributed by atoms with Crippen molar-refractivity contribution in [3.05, 3.63) is 35.4 Å². The van der Waals surface area contributed by atoms with E-state index in [0.717, 1.165) is 11.1 Å². The van der Waals surface area contributed by atoms with Crippen LogP contribution in [-0.2, 0) is 9.59 Å². The van der Waals surface area contributed by atoms with Crippen LogP contribution in [-0.4, -0.2) is 17.9 Å². The molecule has 2 N–H and O–H groups in total. The third-order valence-corrected chi connectivity index (χ3v) is 2.83. The van der Waals surface area contributed by atoms with E-state index >= 15 is 0 Å². The van der Waals surface area contributed by atoms with Gasteiger partial charge in [0.15, 0.2) is 0 Å². The topological polar surface area (TPSA) is 58.2 Å². The maximum absolute atomic E-state index is 11.8. The smallest absolute Gasteiger partial charge is 0.242 e. The van der Waals surface area contributed by atoms with Gasteiger partial charge in [0.25, 0.3) is 0 Å². The number of rotatable bonds is 4. The van der Waals surface area contributed by atoms with Gasteiger partial charge in [-0.15, -0.1) is 0 Å². The molecule has 1 rings (SSSR count). The number of hydrogen-bond acceptors (Lipinski definition) is 2. The van der Waals surface area contributed by atoms with Crippen molar-refractivity contribution < 1.29 is 9.59 Å². The first kappa shape index (κ1) is 14.2. The molecule has 18 heavy (non-hydrogen) atoms. The Morgan fingerprint density at radius 2 is 1.72 bits per heavy atom. The molecule has 0 fully saturated rings. The first-order chi connectivity index (χ1) is 8.41. The van der Waals surface area contributed by atoms with Crippen molar-refractivity contribution in [1.29, 1.82) is 0 Å². The van der Waals surface area contributed by atoms with Crippen molar-refractivity contribution in [2.45, 2.75) is 39.8 Å². The Hall–Kier alpha value is -1.84. The van der Waals surface area contributed by atoms with E-state index < -0.39 is 6.04 Å². The van der Waals surface area contributed by atoms with Crippen LogP contribution in [0.1, 0.15) is 37.9 Å². The zero-order valence-electron chi connectivity index (χ0n) is 11.3. The molecule has 2 amide bonds. The first-order valence-corrected chi connectivity index (χ1v) is 6.04. The van der Waals surface area contributed by atoms with E-state index in [-0.39, 0.29) is 17.9 Å². The molecule has 1 aromatic rings. The third-order valence-electron chi connectivity index (χ3n) is 2.83. The molecule has 0 aliphatic carbocycles. The molecule has 4 heteroatoms. The molecular formula is C14H20N2O2. The van der Waals surface area contributed by atoms with Gasteiger partial charge in [0.2, 0.25) is 11.8 Å². The van der Waals surface area contributed by atoms with Gasteiger partial charge in [-0.25, -0.2) is 0 Å². The summed E-state index contributed by atoms with van der Waals surface area (Å²) in [7, 11) is 0. The van der Waals surface area contributed by atoms with Gasteiger partial charge in [-0.3, -0.25) is 9.59 Å². The molecule has 0 radical (unpaired) electrons. The Labute approximate surface area is 108 Å². The first-order valence-electron chi connectivity index (χ1n) is 6.04. The van der Waals surface area contributed by atoms with Gasteiger partial charge in [0, 0.05) is 6.92 Å². The van der Waals surface area contributed by atoms with Crippen LogP contribution in [0.4, 0.5) is 0 Å². The van der Waals surface area contributed by atoms with E-state index in [0.29, 0.717) is 0 Å². The van der Waals surface area contributed by atoms with Crippen LogP contribution in [0.15, 0.2) is 24.3 Å². The lowest BCUT2D eigenvalue weighted by atomic mass is 10.0. The molecule has 0 saturated heterocycles. The zero-order valence-corrected chi connectivity index (χ0v) is 11.3. The summed E-state index contributed by atoms with van der Waals surface area (Å²) in [6, 6.07) is 7.32. The summed E-state index contributed by atoms with van der Waals surface area (Å²) in [6.07, 6.45) is 0. The summed E-state index contributed by atoms with van der Waals surface area (Å²) in [6.45, 7) is 7.01. The number of hydrogen-bond donors (Lipinski definition) is 2. The van der Waals surface area contributed by atoms with E-state index in [4.69, 9.17) is 0 Å². The highest BCUT2D eigenvalue weighted by Crippen LogP contribution is 2.16. The van der Waals surface area contributed by atoms with E-state index in [9.17, 15) is 9.59 Å². The maximum Gasteiger partial charge on any atom is 0.242 e. The Morgan fingerprint density at radius 1 is 1.11 bits per heavy atom. The summed E-state index contributed by atoms with van der Waals surface area (Å²) in [5.41, 5.74) is 2.22. The van der Waals surface area contributed by atoms with Crippen molar-refractivity contribution in [1.82, 2.24) is 10.6 Å².